The zero-order valence-electron chi connectivity index (χ0n) is 16.7. The fourth-order valence-corrected chi connectivity index (χ4v) is 4.39. The van der Waals surface area contributed by atoms with Crippen LogP contribution in [0, 0.1) is 6.92 Å². The molecular formula is C20H28N8. The van der Waals surface area contributed by atoms with Crippen LogP contribution in [0.1, 0.15) is 60.5 Å². The van der Waals surface area contributed by atoms with Gasteiger partial charge in [-0.15, -0.1) is 10.2 Å². The van der Waals surface area contributed by atoms with Crippen molar-refractivity contribution in [2.24, 2.45) is 7.05 Å². The van der Waals surface area contributed by atoms with Crippen molar-refractivity contribution in [1.82, 2.24) is 39.0 Å². The number of nitrogens with zero attached hydrogens (tertiary/aromatic N) is 8. The first-order valence-electron chi connectivity index (χ1n) is 10.3. The molecule has 148 valence electrons. The Labute approximate surface area is 165 Å². The van der Waals surface area contributed by atoms with E-state index in [1.807, 2.05) is 30.5 Å². The molecule has 0 radical (unpaired) electrons. The molecule has 1 aliphatic heterocycles. The van der Waals surface area contributed by atoms with Gasteiger partial charge in [-0.1, -0.05) is 0 Å². The molecule has 0 aromatic carbocycles. The molecule has 0 unspecified atom stereocenters. The Balaban J connectivity index is 1.27. The van der Waals surface area contributed by atoms with Gasteiger partial charge in [0.15, 0.2) is 5.82 Å². The van der Waals surface area contributed by atoms with Crippen LogP contribution in [0.5, 0.6) is 0 Å². The maximum absolute atomic E-state index is 4.66. The van der Waals surface area contributed by atoms with Crippen LogP contribution in [-0.2, 0) is 20.1 Å². The van der Waals surface area contributed by atoms with E-state index in [0.717, 1.165) is 50.5 Å². The summed E-state index contributed by atoms with van der Waals surface area (Å²) in [6.07, 6.45) is 12.6. The van der Waals surface area contributed by atoms with Crippen LogP contribution in [0.3, 0.4) is 0 Å². The minimum atomic E-state index is 0.510. The Morgan fingerprint density at radius 2 is 1.89 bits per heavy atom. The Bertz CT molecular complexity index is 926. The summed E-state index contributed by atoms with van der Waals surface area (Å²) in [5, 5.41) is 13.7. The molecule has 1 saturated heterocycles. The predicted octanol–water partition coefficient (Wildman–Crippen LogP) is 2.28. The van der Waals surface area contributed by atoms with E-state index in [1.54, 1.807) is 0 Å². The Morgan fingerprint density at radius 1 is 1.07 bits per heavy atom. The summed E-state index contributed by atoms with van der Waals surface area (Å²) >= 11 is 0. The summed E-state index contributed by atoms with van der Waals surface area (Å²) in [5.41, 5.74) is 2.48. The number of hydrogen-bond acceptors (Lipinski definition) is 5. The van der Waals surface area contributed by atoms with Gasteiger partial charge in [0.25, 0.3) is 0 Å². The molecule has 5 rings (SSSR count). The third-order valence-corrected chi connectivity index (χ3v) is 6.05. The molecule has 1 saturated carbocycles. The smallest absolute Gasteiger partial charge is 0.153 e. The van der Waals surface area contributed by atoms with Crippen molar-refractivity contribution in [3.05, 3.63) is 47.8 Å². The molecule has 0 amide bonds. The van der Waals surface area contributed by atoms with E-state index in [1.165, 1.54) is 24.2 Å². The maximum atomic E-state index is 4.66. The molecule has 8 heteroatoms. The van der Waals surface area contributed by atoms with E-state index in [-0.39, 0.29) is 0 Å². The van der Waals surface area contributed by atoms with Crippen molar-refractivity contribution in [2.45, 2.75) is 57.7 Å². The zero-order chi connectivity index (χ0) is 19.1. The first-order chi connectivity index (χ1) is 13.7. The van der Waals surface area contributed by atoms with E-state index in [9.17, 15) is 0 Å². The molecular weight excluding hydrogens is 352 g/mol. The average Bonchev–Trinajstić information content (AvgIpc) is 3.08. The van der Waals surface area contributed by atoms with Crippen LogP contribution < -0.4 is 0 Å². The van der Waals surface area contributed by atoms with Gasteiger partial charge in [-0.2, -0.15) is 5.10 Å². The van der Waals surface area contributed by atoms with Crippen LogP contribution in [0.15, 0.2) is 24.9 Å². The highest BCUT2D eigenvalue weighted by atomic mass is 15.3. The number of imidazole rings is 1. The third kappa shape index (κ3) is 3.48. The fraction of sp³-hybridized carbons (Fsp3) is 0.600. The first kappa shape index (κ1) is 17.6. The van der Waals surface area contributed by atoms with Crippen molar-refractivity contribution in [3.63, 3.8) is 0 Å². The molecule has 1 aliphatic carbocycles. The zero-order valence-corrected chi connectivity index (χ0v) is 16.7. The molecule has 0 atom stereocenters. The summed E-state index contributed by atoms with van der Waals surface area (Å²) in [7, 11) is 1.99. The SMILES string of the molecule is Cc1nn(C)cc1CN1CCC(c2nnc(Cn3ccnc3)n2C2CC2)CC1. The summed E-state index contributed by atoms with van der Waals surface area (Å²) in [6.45, 7) is 6.05. The molecule has 8 nitrogen and oxygen atoms in total. The van der Waals surface area contributed by atoms with Crippen molar-refractivity contribution < 1.29 is 0 Å². The van der Waals surface area contributed by atoms with Crippen LogP contribution in [0.25, 0.3) is 0 Å². The largest absolute Gasteiger partial charge is 0.330 e. The van der Waals surface area contributed by atoms with Crippen LogP contribution in [-0.4, -0.2) is 52.1 Å². The Morgan fingerprint density at radius 3 is 2.54 bits per heavy atom. The molecule has 0 N–H and O–H groups in total. The average molecular weight is 381 g/mol. The van der Waals surface area contributed by atoms with Gasteiger partial charge in [0.05, 0.1) is 18.6 Å². The molecule has 0 spiro atoms. The number of aryl methyl sites for hydroxylation is 2. The predicted molar refractivity (Wildman–Crippen MR) is 105 cm³/mol. The summed E-state index contributed by atoms with van der Waals surface area (Å²) in [4.78, 5) is 6.70. The van der Waals surface area contributed by atoms with E-state index >= 15 is 0 Å². The second-order valence-electron chi connectivity index (χ2n) is 8.27. The van der Waals surface area contributed by atoms with E-state index < -0.39 is 0 Å². The van der Waals surface area contributed by atoms with E-state index in [2.05, 4.69) is 47.4 Å². The molecule has 2 fully saturated rings. The van der Waals surface area contributed by atoms with Crippen molar-refractivity contribution in [3.8, 4) is 0 Å². The maximum Gasteiger partial charge on any atom is 0.153 e. The summed E-state index contributed by atoms with van der Waals surface area (Å²) in [6, 6.07) is 0.597. The lowest BCUT2D eigenvalue weighted by atomic mass is 9.95. The van der Waals surface area contributed by atoms with Gasteiger partial charge in [0.1, 0.15) is 5.82 Å². The Kier molecular flexibility index (Phi) is 4.50. The van der Waals surface area contributed by atoms with Gasteiger partial charge in [-0.05, 0) is 45.7 Å². The molecule has 28 heavy (non-hydrogen) atoms. The minimum absolute atomic E-state index is 0.510. The topological polar surface area (TPSA) is 69.6 Å². The number of rotatable bonds is 6. The molecule has 3 aromatic heterocycles. The number of aromatic nitrogens is 7. The lowest BCUT2D eigenvalue weighted by Crippen LogP contribution is -2.33. The highest BCUT2D eigenvalue weighted by Gasteiger charge is 2.33. The second kappa shape index (κ2) is 7.16. The van der Waals surface area contributed by atoms with Gasteiger partial charge in [-0.25, -0.2) is 4.98 Å². The monoisotopic (exact) mass is 380 g/mol. The highest BCUT2D eigenvalue weighted by Crippen LogP contribution is 2.40. The van der Waals surface area contributed by atoms with Crippen LogP contribution in [0.2, 0.25) is 0 Å². The van der Waals surface area contributed by atoms with Gasteiger partial charge in [0.2, 0.25) is 0 Å². The number of likely N-dealkylation sites (tertiary alicyclic amines) is 1. The normalized spacial score (nSPS) is 18.8. The van der Waals surface area contributed by atoms with Gasteiger partial charge >= 0.3 is 0 Å². The fourth-order valence-electron chi connectivity index (χ4n) is 4.39. The minimum Gasteiger partial charge on any atom is -0.330 e. The van der Waals surface area contributed by atoms with Crippen molar-refractivity contribution >= 4 is 0 Å². The quantitative estimate of drug-likeness (QED) is 0.656. The second-order valence-corrected chi connectivity index (χ2v) is 8.27. The van der Waals surface area contributed by atoms with Crippen molar-refractivity contribution in [1.29, 1.82) is 0 Å². The third-order valence-electron chi connectivity index (χ3n) is 6.05. The van der Waals surface area contributed by atoms with Gasteiger partial charge in [0, 0.05) is 49.7 Å². The first-order valence-corrected chi connectivity index (χ1v) is 10.3. The Hall–Kier alpha value is -2.48. The van der Waals surface area contributed by atoms with E-state index in [0.29, 0.717) is 12.0 Å². The standard InChI is InChI=1S/C20H28N8/c1-15-17(11-25(2)24-15)12-26-8-5-16(6-9-26)20-23-22-19(28(20)18-3-4-18)13-27-10-7-21-14-27/h7,10-11,14,16,18H,3-6,8-9,12-13H2,1-2H3. The van der Waals surface area contributed by atoms with Crippen molar-refractivity contribution in [2.75, 3.05) is 13.1 Å². The number of hydrogen-bond donors (Lipinski definition) is 0. The van der Waals surface area contributed by atoms with Crippen LogP contribution in [0.4, 0.5) is 0 Å². The number of piperidine rings is 1. The highest BCUT2D eigenvalue weighted by molar-refractivity contribution is 5.15. The molecule has 0 bridgehead atoms. The van der Waals surface area contributed by atoms with Crippen LogP contribution >= 0.6 is 0 Å². The molecule has 4 heterocycles. The van der Waals surface area contributed by atoms with E-state index in [4.69, 9.17) is 0 Å². The molecule has 3 aromatic rings. The van der Waals surface area contributed by atoms with Gasteiger partial charge < -0.3 is 9.13 Å². The summed E-state index contributed by atoms with van der Waals surface area (Å²) < 4.78 is 6.43. The van der Waals surface area contributed by atoms with Gasteiger partial charge in [-0.3, -0.25) is 9.58 Å². The lowest BCUT2D eigenvalue weighted by Gasteiger charge is -2.31. The molecule has 2 aliphatic rings. The lowest BCUT2D eigenvalue weighted by molar-refractivity contribution is 0.199. The summed E-state index contributed by atoms with van der Waals surface area (Å²) in [5.74, 6) is 2.79.